The van der Waals surface area contributed by atoms with Gasteiger partial charge in [0.25, 0.3) is 0 Å². The molecule has 1 heterocycles. The maximum absolute atomic E-state index is 12.5. The van der Waals surface area contributed by atoms with Gasteiger partial charge in [0.15, 0.2) is 0 Å². The number of hydrogen-bond acceptors (Lipinski definition) is 2. The molecule has 1 amide bonds. The van der Waals surface area contributed by atoms with Gasteiger partial charge in [-0.15, -0.1) is 0 Å². The number of benzene rings is 2. The van der Waals surface area contributed by atoms with E-state index in [-0.39, 0.29) is 11.9 Å². The van der Waals surface area contributed by atoms with E-state index >= 15 is 0 Å². The smallest absolute Gasteiger partial charge is 0.237 e. The van der Waals surface area contributed by atoms with Crippen molar-refractivity contribution in [1.82, 2.24) is 10.2 Å². The molecule has 2 aromatic rings. The zero-order valence-electron chi connectivity index (χ0n) is 13.0. The second-order valence-electron chi connectivity index (χ2n) is 5.96. The molecular formula is C19H21ClN2O. The Bertz CT molecular complexity index is 642. The fourth-order valence-corrected chi connectivity index (χ4v) is 3.17. The van der Waals surface area contributed by atoms with Crippen molar-refractivity contribution >= 4 is 17.5 Å². The van der Waals surface area contributed by atoms with Gasteiger partial charge in [-0.05, 0) is 42.6 Å². The molecule has 0 aromatic heterocycles. The Morgan fingerprint density at radius 2 is 1.83 bits per heavy atom. The van der Waals surface area contributed by atoms with Gasteiger partial charge in [-0.3, -0.25) is 9.69 Å². The summed E-state index contributed by atoms with van der Waals surface area (Å²) in [6, 6.07) is 17.9. The third kappa shape index (κ3) is 4.34. The Labute approximate surface area is 142 Å². The number of nitrogens with zero attached hydrogens (tertiary/aromatic N) is 1. The lowest BCUT2D eigenvalue weighted by Crippen LogP contribution is -2.42. The van der Waals surface area contributed by atoms with E-state index in [1.807, 2.05) is 42.5 Å². The van der Waals surface area contributed by atoms with Crippen LogP contribution < -0.4 is 5.32 Å². The second-order valence-corrected chi connectivity index (χ2v) is 6.39. The van der Waals surface area contributed by atoms with Crippen LogP contribution in [0.25, 0.3) is 0 Å². The molecule has 0 spiro atoms. The minimum absolute atomic E-state index is 0.0255. The van der Waals surface area contributed by atoms with Crippen LogP contribution in [0, 0.1) is 0 Å². The average Bonchev–Trinajstić information content (AvgIpc) is 3.03. The average molecular weight is 329 g/mol. The van der Waals surface area contributed by atoms with Crippen molar-refractivity contribution in [2.24, 2.45) is 0 Å². The van der Waals surface area contributed by atoms with E-state index in [1.54, 1.807) is 0 Å². The Hall–Kier alpha value is -1.84. The second kappa shape index (κ2) is 7.62. The lowest BCUT2D eigenvalue weighted by molar-refractivity contribution is -0.125. The molecule has 0 bridgehead atoms. The van der Waals surface area contributed by atoms with Gasteiger partial charge in [-0.2, -0.15) is 0 Å². The van der Waals surface area contributed by atoms with Gasteiger partial charge in [-0.25, -0.2) is 0 Å². The summed E-state index contributed by atoms with van der Waals surface area (Å²) in [5.74, 6) is 0.119. The number of carbonyl (C=O) groups is 1. The van der Waals surface area contributed by atoms with Crippen LogP contribution in [0.15, 0.2) is 54.6 Å². The molecule has 1 N–H and O–H groups in total. The molecule has 1 aliphatic rings. The lowest BCUT2D eigenvalue weighted by atomic mass is 10.1. The van der Waals surface area contributed by atoms with Gasteiger partial charge in [0, 0.05) is 18.1 Å². The van der Waals surface area contributed by atoms with Gasteiger partial charge >= 0.3 is 0 Å². The molecule has 1 aliphatic heterocycles. The summed E-state index contributed by atoms with van der Waals surface area (Å²) in [5, 5.41) is 3.77. The Morgan fingerprint density at radius 3 is 2.57 bits per heavy atom. The summed E-state index contributed by atoms with van der Waals surface area (Å²) < 4.78 is 0. The van der Waals surface area contributed by atoms with Crippen molar-refractivity contribution in [2.45, 2.75) is 32.0 Å². The van der Waals surface area contributed by atoms with E-state index in [1.165, 1.54) is 5.56 Å². The van der Waals surface area contributed by atoms with E-state index in [0.717, 1.165) is 31.5 Å². The molecule has 4 heteroatoms. The van der Waals surface area contributed by atoms with Crippen molar-refractivity contribution in [2.75, 3.05) is 6.54 Å². The minimum Gasteiger partial charge on any atom is -0.351 e. The maximum atomic E-state index is 12.5. The van der Waals surface area contributed by atoms with Crippen LogP contribution in [0.4, 0.5) is 0 Å². The Kier molecular flexibility index (Phi) is 5.31. The summed E-state index contributed by atoms with van der Waals surface area (Å²) in [6.45, 7) is 2.36. The van der Waals surface area contributed by atoms with E-state index in [9.17, 15) is 4.79 Å². The summed E-state index contributed by atoms with van der Waals surface area (Å²) in [7, 11) is 0. The number of likely N-dealkylation sites (tertiary alicyclic amines) is 1. The van der Waals surface area contributed by atoms with Gasteiger partial charge in [0.2, 0.25) is 5.91 Å². The standard InChI is InChI=1S/C19H21ClN2O/c20-17-10-8-15(9-11-17)13-21-19(23)18-7-4-12-22(18)14-16-5-2-1-3-6-16/h1-3,5-6,8-11,18H,4,7,12-14H2,(H,21,23)/t18-/m0/s1. The maximum Gasteiger partial charge on any atom is 0.237 e. The van der Waals surface area contributed by atoms with Crippen LogP contribution in [-0.4, -0.2) is 23.4 Å². The van der Waals surface area contributed by atoms with Gasteiger partial charge in [-0.1, -0.05) is 54.1 Å². The first-order chi connectivity index (χ1) is 11.2. The molecule has 3 rings (SSSR count). The lowest BCUT2D eigenvalue weighted by Gasteiger charge is -2.23. The van der Waals surface area contributed by atoms with Crippen molar-refractivity contribution in [3.63, 3.8) is 0 Å². The fourth-order valence-electron chi connectivity index (χ4n) is 3.04. The molecule has 1 saturated heterocycles. The SMILES string of the molecule is O=C(NCc1ccc(Cl)cc1)[C@@H]1CCCN1Cc1ccccc1. The molecule has 23 heavy (non-hydrogen) atoms. The van der Waals surface area contributed by atoms with Crippen molar-refractivity contribution in [3.8, 4) is 0 Å². The van der Waals surface area contributed by atoms with Gasteiger partial charge in [0.1, 0.15) is 0 Å². The van der Waals surface area contributed by atoms with E-state index in [2.05, 4.69) is 22.3 Å². The molecular weight excluding hydrogens is 308 g/mol. The van der Waals surface area contributed by atoms with Crippen LogP contribution in [0.1, 0.15) is 24.0 Å². The van der Waals surface area contributed by atoms with Crippen molar-refractivity contribution < 1.29 is 4.79 Å². The highest BCUT2D eigenvalue weighted by atomic mass is 35.5. The van der Waals surface area contributed by atoms with E-state index in [4.69, 9.17) is 11.6 Å². The predicted molar refractivity (Wildman–Crippen MR) is 93.2 cm³/mol. The largest absolute Gasteiger partial charge is 0.351 e. The molecule has 2 aromatic carbocycles. The highest BCUT2D eigenvalue weighted by molar-refractivity contribution is 6.30. The quantitative estimate of drug-likeness (QED) is 0.909. The summed E-state index contributed by atoms with van der Waals surface area (Å²) >= 11 is 5.88. The normalized spacial score (nSPS) is 18.0. The Morgan fingerprint density at radius 1 is 1.09 bits per heavy atom. The summed E-state index contributed by atoms with van der Waals surface area (Å²) in [5.41, 5.74) is 2.32. The third-order valence-electron chi connectivity index (χ3n) is 4.27. The number of halogens is 1. The number of carbonyl (C=O) groups excluding carboxylic acids is 1. The molecule has 0 saturated carbocycles. The van der Waals surface area contributed by atoms with E-state index < -0.39 is 0 Å². The van der Waals surface area contributed by atoms with E-state index in [0.29, 0.717) is 11.6 Å². The monoisotopic (exact) mass is 328 g/mol. The van der Waals surface area contributed by atoms with Gasteiger partial charge in [0.05, 0.1) is 6.04 Å². The number of amides is 1. The molecule has 0 aliphatic carbocycles. The minimum atomic E-state index is -0.0255. The van der Waals surface area contributed by atoms with Gasteiger partial charge < -0.3 is 5.32 Å². The third-order valence-corrected chi connectivity index (χ3v) is 4.53. The fraction of sp³-hybridized carbons (Fsp3) is 0.316. The summed E-state index contributed by atoms with van der Waals surface area (Å²) in [6.07, 6.45) is 2.01. The zero-order valence-corrected chi connectivity index (χ0v) is 13.8. The number of nitrogens with one attached hydrogen (secondary N) is 1. The number of hydrogen-bond donors (Lipinski definition) is 1. The molecule has 1 atom stereocenters. The van der Waals surface area contributed by atoms with Crippen molar-refractivity contribution in [3.05, 3.63) is 70.7 Å². The first-order valence-corrected chi connectivity index (χ1v) is 8.40. The van der Waals surface area contributed by atoms with Crippen LogP contribution in [0.5, 0.6) is 0 Å². The van der Waals surface area contributed by atoms with Crippen LogP contribution in [0.3, 0.4) is 0 Å². The summed E-state index contributed by atoms with van der Waals surface area (Å²) in [4.78, 5) is 14.8. The highest BCUT2D eigenvalue weighted by Gasteiger charge is 2.30. The highest BCUT2D eigenvalue weighted by Crippen LogP contribution is 2.20. The topological polar surface area (TPSA) is 32.3 Å². The molecule has 0 unspecified atom stereocenters. The molecule has 3 nitrogen and oxygen atoms in total. The number of rotatable bonds is 5. The first kappa shape index (κ1) is 16.0. The molecule has 1 fully saturated rings. The predicted octanol–water partition coefficient (Wildman–Crippen LogP) is 3.62. The van der Waals surface area contributed by atoms with Crippen LogP contribution in [-0.2, 0) is 17.9 Å². The van der Waals surface area contributed by atoms with Crippen molar-refractivity contribution in [1.29, 1.82) is 0 Å². The first-order valence-electron chi connectivity index (χ1n) is 8.02. The van der Waals surface area contributed by atoms with Crippen LogP contribution in [0.2, 0.25) is 5.02 Å². The molecule has 0 radical (unpaired) electrons. The zero-order chi connectivity index (χ0) is 16.1. The van der Waals surface area contributed by atoms with Crippen LogP contribution >= 0.6 is 11.6 Å². The molecule has 120 valence electrons. The Balaban J connectivity index is 1.56.